The first-order chi connectivity index (χ1) is 15.8. The van der Waals surface area contributed by atoms with Gasteiger partial charge >= 0.3 is 0 Å². The molecule has 0 spiro atoms. The van der Waals surface area contributed by atoms with Gasteiger partial charge in [0.2, 0.25) is 11.9 Å². The normalized spacial score (nSPS) is 11.1. The fourth-order valence-electron chi connectivity index (χ4n) is 3.79. The van der Waals surface area contributed by atoms with E-state index in [0.717, 1.165) is 56.5 Å². The van der Waals surface area contributed by atoms with Gasteiger partial charge in [-0.05, 0) is 59.7 Å². The molecule has 6 heteroatoms. The Bertz CT molecular complexity index is 1330. The Kier molecular flexibility index (Phi) is 4.32. The fourth-order valence-corrected chi connectivity index (χ4v) is 3.79. The van der Waals surface area contributed by atoms with Crippen molar-refractivity contribution in [1.29, 1.82) is 0 Å². The van der Waals surface area contributed by atoms with E-state index in [1.54, 1.807) is 0 Å². The number of aromatic nitrogens is 4. The summed E-state index contributed by atoms with van der Waals surface area (Å²) in [6.45, 7) is 0. The third-order valence-corrected chi connectivity index (χ3v) is 5.41. The summed E-state index contributed by atoms with van der Waals surface area (Å²) in [7, 11) is 0. The molecule has 0 bridgehead atoms. The number of aromatic amines is 2. The summed E-state index contributed by atoms with van der Waals surface area (Å²) < 4.78 is 0. The number of H-pyrrole nitrogens is 2. The maximum Gasteiger partial charge on any atom is 0.205 e. The van der Waals surface area contributed by atoms with E-state index in [0.29, 0.717) is 0 Å². The molecule has 6 aromatic rings. The number of para-hydroxylation sites is 4. The van der Waals surface area contributed by atoms with E-state index in [-0.39, 0.29) is 0 Å². The molecule has 0 unspecified atom stereocenters. The van der Waals surface area contributed by atoms with Crippen LogP contribution in [0.1, 0.15) is 0 Å². The van der Waals surface area contributed by atoms with Gasteiger partial charge in [-0.2, -0.15) is 0 Å². The van der Waals surface area contributed by atoms with Gasteiger partial charge in [0.05, 0.1) is 22.1 Å². The maximum absolute atomic E-state index is 4.57. The number of hydrogen-bond donors (Lipinski definition) is 4. The zero-order valence-electron chi connectivity index (χ0n) is 17.1. The van der Waals surface area contributed by atoms with Gasteiger partial charge in [0.1, 0.15) is 0 Å². The van der Waals surface area contributed by atoms with Gasteiger partial charge < -0.3 is 20.6 Å². The number of benzene rings is 4. The summed E-state index contributed by atoms with van der Waals surface area (Å²) in [5.74, 6) is 1.47. The average molecular weight is 416 g/mol. The predicted molar refractivity (Wildman–Crippen MR) is 131 cm³/mol. The molecular weight excluding hydrogens is 396 g/mol. The highest BCUT2D eigenvalue weighted by atomic mass is 15.1. The lowest BCUT2D eigenvalue weighted by atomic mass is 10.1. The minimum atomic E-state index is 0.736. The van der Waals surface area contributed by atoms with Crippen molar-refractivity contribution in [2.75, 3.05) is 10.6 Å². The average Bonchev–Trinajstić information content (AvgIpc) is 3.43. The molecule has 0 radical (unpaired) electrons. The van der Waals surface area contributed by atoms with Gasteiger partial charge in [-0.25, -0.2) is 9.97 Å². The third-order valence-electron chi connectivity index (χ3n) is 5.41. The van der Waals surface area contributed by atoms with E-state index in [4.69, 9.17) is 0 Å². The minimum Gasteiger partial charge on any atom is -0.326 e. The largest absolute Gasteiger partial charge is 0.326 e. The van der Waals surface area contributed by atoms with Gasteiger partial charge in [-0.3, -0.25) is 0 Å². The molecule has 4 aromatic carbocycles. The van der Waals surface area contributed by atoms with E-state index in [1.165, 1.54) is 0 Å². The Balaban J connectivity index is 1.16. The van der Waals surface area contributed by atoms with Crippen molar-refractivity contribution < 1.29 is 0 Å². The van der Waals surface area contributed by atoms with E-state index in [9.17, 15) is 0 Å². The topological polar surface area (TPSA) is 81.4 Å². The summed E-state index contributed by atoms with van der Waals surface area (Å²) >= 11 is 0. The Morgan fingerprint density at radius 3 is 1.28 bits per heavy atom. The highest BCUT2D eigenvalue weighted by Gasteiger charge is 2.05. The lowest BCUT2D eigenvalue weighted by Crippen LogP contribution is -1.93. The molecule has 0 saturated heterocycles. The molecule has 6 nitrogen and oxygen atoms in total. The van der Waals surface area contributed by atoms with Crippen LogP contribution in [0.5, 0.6) is 0 Å². The lowest BCUT2D eigenvalue weighted by Gasteiger charge is -2.07. The number of rotatable bonds is 5. The third kappa shape index (κ3) is 3.54. The molecule has 0 amide bonds. The van der Waals surface area contributed by atoms with Crippen LogP contribution in [0.4, 0.5) is 23.3 Å². The Morgan fingerprint density at radius 2 is 0.875 bits per heavy atom. The highest BCUT2D eigenvalue weighted by Crippen LogP contribution is 2.26. The van der Waals surface area contributed by atoms with Gasteiger partial charge in [-0.15, -0.1) is 0 Å². The number of fused-ring (bicyclic) bond motifs is 2. The smallest absolute Gasteiger partial charge is 0.205 e. The number of nitrogens with one attached hydrogen (secondary N) is 4. The summed E-state index contributed by atoms with van der Waals surface area (Å²) in [6.07, 6.45) is 0. The molecular formula is C26H20N6. The van der Waals surface area contributed by atoms with Crippen molar-refractivity contribution in [2.24, 2.45) is 0 Å². The summed E-state index contributed by atoms with van der Waals surface area (Å²) in [5, 5.41) is 6.66. The number of nitrogens with zero attached hydrogens (tertiary/aromatic N) is 2. The second-order valence-electron chi connectivity index (χ2n) is 7.61. The zero-order valence-corrected chi connectivity index (χ0v) is 17.1. The second kappa shape index (κ2) is 7.59. The first-order valence-electron chi connectivity index (χ1n) is 10.4. The monoisotopic (exact) mass is 416 g/mol. The van der Waals surface area contributed by atoms with Crippen LogP contribution < -0.4 is 10.6 Å². The number of hydrogen-bond acceptors (Lipinski definition) is 4. The van der Waals surface area contributed by atoms with Gasteiger partial charge in [-0.1, -0.05) is 48.5 Å². The Labute approximate surface area is 184 Å². The van der Waals surface area contributed by atoms with Crippen LogP contribution in [0, 0.1) is 0 Å². The molecule has 2 heterocycles. The van der Waals surface area contributed by atoms with E-state index < -0.39 is 0 Å². The molecule has 2 aromatic heterocycles. The van der Waals surface area contributed by atoms with Crippen LogP contribution in [0.25, 0.3) is 33.2 Å². The standard InChI is InChI=1S/C26H20N6/c1-2-6-22-21(5-1)29-25(30-22)27-19-13-9-17(10-14-19)18-11-15-20(16-12-18)28-26-31-23-7-3-4-8-24(23)32-26/h1-16H,(H2,27,29,30)(H2,28,31,32). The minimum absolute atomic E-state index is 0.736. The van der Waals surface area contributed by atoms with E-state index >= 15 is 0 Å². The van der Waals surface area contributed by atoms with Crippen molar-refractivity contribution in [3.8, 4) is 11.1 Å². The first-order valence-corrected chi connectivity index (χ1v) is 10.4. The highest BCUT2D eigenvalue weighted by molar-refractivity contribution is 5.79. The Morgan fingerprint density at radius 1 is 0.469 bits per heavy atom. The first kappa shape index (κ1) is 18.2. The molecule has 0 aliphatic rings. The zero-order chi connectivity index (χ0) is 21.3. The van der Waals surface area contributed by atoms with E-state index in [2.05, 4.69) is 79.1 Å². The van der Waals surface area contributed by atoms with Crippen LogP contribution in [0.2, 0.25) is 0 Å². The SMILES string of the molecule is c1ccc2[nH]c(Nc3ccc(-c4ccc(Nc5nc6ccccc6[nH]5)cc4)cc3)nc2c1. The molecule has 0 aliphatic carbocycles. The van der Waals surface area contributed by atoms with Crippen LogP contribution in [-0.4, -0.2) is 19.9 Å². The molecule has 0 fully saturated rings. The molecule has 154 valence electrons. The van der Waals surface area contributed by atoms with Gasteiger partial charge in [0.25, 0.3) is 0 Å². The molecule has 0 atom stereocenters. The van der Waals surface area contributed by atoms with E-state index in [1.807, 2.05) is 48.5 Å². The van der Waals surface area contributed by atoms with Crippen molar-refractivity contribution in [3.63, 3.8) is 0 Å². The quantitative estimate of drug-likeness (QED) is 0.255. The van der Waals surface area contributed by atoms with Crippen molar-refractivity contribution >= 4 is 45.3 Å². The predicted octanol–water partition coefficient (Wildman–Crippen LogP) is 6.59. The van der Waals surface area contributed by atoms with Gasteiger partial charge in [0, 0.05) is 11.4 Å². The second-order valence-corrected chi connectivity index (χ2v) is 7.61. The van der Waals surface area contributed by atoms with Crippen molar-refractivity contribution in [2.45, 2.75) is 0 Å². The van der Waals surface area contributed by atoms with Crippen LogP contribution in [-0.2, 0) is 0 Å². The summed E-state index contributed by atoms with van der Waals surface area (Å²) in [6, 6.07) is 32.6. The van der Waals surface area contributed by atoms with Crippen molar-refractivity contribution in [3.05, 3.63) is 97.1 Å². The van der Waals surface area contributed by atoms with Gasteiger partial charge in [0.15, 0.2) is 0 Å². The Hall–Kier alpha value is -4.58. The molecule has 6 rings (SSSR count). The van der Waals surface area contributed by atoms with Crippen LogP contribution in [0.3, 0.4) is 0 Å². The summed E-state index contributed by atoms with van der Waals surface area (Å²) in [5.41, 5.74) is 8.19. The van der Waals surface area contributed by atoms with Crippen LogP contribution >= 0.6 is 0 Å². The fraction of sp³-hybridized carbons (Fsp3) is 0. The maximum atomic E-state index is 4.57. The molecule has 0 saturated carbocycles. The van der Waals surface area contributed by atoms with Crippen molar-refractivity contribution in [1.82, 2.24) is 19.9 Å². The van der Waals surface area contributed by atoms with Crippen LogP contribution in [0.15, 0.2) is 97.1 Å². The number of imidazole rings is 2. The molecule has 32 heavy (non-hydrogen) atoms. The number of anilines is 4. The lowest BCUT2D eigenvalue weighted by molar-refractivity contribution is 1.31. The molecule has 4 N–H and O–H groups in total. The molecule has 0 aliphatic heterocycles. The summed E-state index contributed by atoms with van der Waals surface area (Å²) in [4.78, 5) is 15.7.